The summed E-state index contributed by atoms with van der Waals surface area (Å²) in [6, 6.07) is 7.25. The van der Waals surface area contributed by atoms with Gasteiger partial charge in [0.2, 0.25) is 5.91 Å². The molecule has 2 aromatic rings. The number of para-hydroxylation sites is 1. The SMILES string of the molecule is Cc1n[nH]c(C)c1CC(=O)Nc1ccccc1C(C)O. The maximum Gasteiger partial charge on any atom is 0.228 e. The molecule has 1 aromatic heterocycles. The van der Waals surface area contributed by atoms with Crippen LogP contribution in [0.5, 0.6) is 0 Å². The van der Waals surface area contributed by atoms with Gasteiger partial charge in [-0.25, -0.2) is 0 Å². The highest BCUT2D eigenvalue weighted by Crippen LogP contribution is 2.22. The molecular formula is C15H19N3O2. The summed E-state index contributed by atoms with van der Waals surface area (Å²) < 4.78 is 0. The molecule has 0 aliphatic heterocycles. The average molecular weight is 273 g/mol. The molecule has 0 saturated heterocycles. The van der Waals surface area contributed by atoms with Gasteiger partial charge in [0.05, 0.1) is 18.2 Å². The molecule has 0 aliphatic rings. The lowest BCUT2D eigenvalue weighted by Crippen LogP contribution is -2.16. The number of hydrogen-bond acceptors (Lipinski definition) is 3. The molecule has 0 bridgehead atoms. The fourth-order valence-corrected chi connectivity index (χ4v) is 2.16. The summed E-state index contributed by atoms with van der Waals surface area (Å²) in [6.07, 6.45) is -0.355. The Balaban J connectivity index is 2.13. The quantitative estimate of drug-likeness (QED) is 0.799. The largest absolute Gasteiger partial charge is 0.389 e. The maximum absolute atomic E-state index is 12.1. The lowest BCUT2D eigenvalue weighted by molar-refractivity contribution is -0.115. The highest BCUT2D eigenvalue weighted by Gasteiger charge is 2.14. The van der Waals surface area contributed by atoms with E-state index in [1.54, 1.807) is 19.1 Å². The van der Waals surface area contributed by atoms with Crippen molar-refractivity contribution >= 4 is 11.6 Å². The van der Waals surface area contributed by atoms with Crippen LogP contribution in [0.15, 0.2) is 24.3 Å². The van der Waals surface area contributed by atoms with Crippen LogP contribution in [0, 0.1) is 13.8 Å². The number of carbonyl (C=O) groups is 1. The lowest BCUT2D eigenvalue weighted by Gasteiger charge is -2.13. The van der Waals surface area contributed by atoms with Gasteiger partial charge in [-0.3, -0.25) is 9.89 Å². The second kappa shape index (κ2) is 5.88. The fraction of sp³-hybridized carbons (Fsp3) is 0.333. The molecule has 1 unspecified atom stereocenters. The van der Waals surface area contributed by atoms with E-state index in [0.29, 0.717) is 11.3 Å². The molecule has 5 heteroatoms. The zero-order valence-corrected chi connectivity index (χ0v) is 11.9. The molecule has 1 aromatic carbocycles. The van der Waals surface area contributed by atoms with Crippen LogP contribution in [-0.4, -0.2) is 21.2 Å². The Bertz CT molecular complexity index is 598. The fourth-order valence-electron chi connectivity index (χ4n) is 2.16. The van der Waals surface area contributed by atoms with Gasteiger partial charge in [0, 0.05) is 22.5 Å². The number of aliphatic hydroxyl groups excluding tert-OH is 1. The lowest BCUT2D eigenvalue weighted by atomic mass is 10.1. The van der Waals surface area contributed by atoms with Crippen molar-refractivity contribution in [2.45, 2.75) is 33.3 Å². The molecule has 0 aliphatic carbocycles. The van der Waals surface area contributed by atoms with Gasteiger partial charge in [-0.2, -0.15) is 5.10 Å². The van der Waals surface area contributed by atoms with E-state index in [2.05, 4.69) is 15.5 Å². The number of nitrogens with one attached hydrogen (secondary N) is 2. The second-order valence-corrected chi connectivity index (χ2v) is 4.90. The van der Waals surface area contributed by atoms with E-state index in [-0.39, 0.29) is 12.3 Å². The van der Waals surface area contributed by atoms with Crippen LogP contribution >= 0.6 is 0 Å². The summed E-state index contributed by atoms with van der Waals surface area (Å²) in [5.74, 6) is -0.120. The zero-order chi connectivity index (χ0) is 14.7. The third kappa shape index (κ3) is 3.05. The number of rotatable bonds is 4. The van der Waals surface area contributed by atoms with E-state index in [0.717, 1.165) is 17.0 Å². The number of benzene rings is 1. The van der Waals surface area contributed by atoms with Crippen molar-refractivity contribution in [1.82, 2.24) is 10.2 Å². The first-order valence-corrected chi connectivity index (χ1v) is 6.56. The van der Waals surface area contributed by atoms with Gasteiger partial charge in [0.15, 0.2) is 0 Å². The van der Waals surface area contributed by atoms with Gasteiger partial charge in [-0.1, -0.05) is 18.2 Å². The van der Waals surface area contributed by atoms with Crippen molar-refractivity contribution in [2.24, 2.45) is 0 Å². The second-order valence-electron chi connectivity index (χ2n) is 4.90. The predicted octanol–water partition coefficient (Wildman–Crippen LogP) is 2.26. The first-order valence-electron chi connectivity index (χ1n) is 6.56. The Morgan fingerprint density at radius 3 is 2.70 bits per heavy atom. The van der Waals surface area contributed by atoms with Crippen molar-refractivity contribution in [3.63, 3.8) is 0 Å². The highest BCUT2D eigenvalue weighted by molar-refractivity contribution is 5.93. The number of aryl methyl sites for hydroxylation is 2. The van der Waals surface area contributed by atoms with E-state index in [1.807, 2.05) is 26.0 Å². The van der Waals surface area contributed by atoms with Gasteiger partial charge in [0.25, 0.3) is 0 Å². The normalized spacial score (nSPS) is 12.2. The monoisotopic (exact) mass is 273 g/mol. The molecule has 3 N–H and O–H groups in total. The summed E-state index contributed by atoms with van der Waals surface area (Å²) in [5.41, 5.74) is 4.01. The first-order chi connectivity index (χ1) is 9.49. The van der Waals surface area contributed by atoms with E-state index >= 15 is 0 Å². The summed E-state index contributed by atoms with van der Waals surface area (Å²) in [7, 11) is 0. The Morgan fingerprint density at radius 1 is 1.40 bits per heavy atom. The zero-order valence-electron chi connectivity index (χ0n) is 11.9. The van der Waals surface area contributed by atoms with Crippen molar-refractivity contribution in [3.8, 4) is 0 Å². The maximum atomic E-state index is 12.1. The van der Waals surface area contributed by atoms with Gasteiger partial charge in [-0.15, -0.1) is 0 Å². The molecule has 0 fully saturated rings. The minimum atomic E-state index is -0.621. The molecule has 1 heterocycles. The first kappa shape index (κ1) is 14.3. The third-order valence-electron chi connectivity index (χ3n) is 3.30. The van der Waals surface area contributed by atoms with Gasteiger partial charge < -0.3 is 10.4 Å². The predicted molar refractivity (Wildman–Crippen MR) is 77.5 cm³/mol. The smallest absolute Gasteiger partial charge is 0.228 e. The van der Waals surface area contributed by atoms with E-state index in [9.17, 15) is 9.90 Å². The van der Waals surface area contributed by atoms with Crippen molar-refractivity contribution in [3.05, 3.63) is 46.8 Å². The van der Waals surface area contributed by atoms with Crippen LogP contribution in [0.3, 0.4) is 0 Å². The Labute approximate surface area is 118 Å². The number of aromatic nitrogens is 2. The number of nitrogens with zero attached hydrogens (tertiary/aromatic N) is 1. The van der Waals surface area contributed by atoms with Gasteiger partial charge >= 0.3 is 0 Å². The van der Waals surface area contributed by atoms with Crippen LogP contribution in [-0.2, 0) is 11.2 Å². The third-order valence-corrected chi connectivity index (χ3v) is 3.30. The number of aliphatic hydroxyl groups is 1. The molecule has 20 heavy (non-hydrogen) atoms. The van der Waals surface area contributed by atoms with Crippen molar-refractivity contribution in [2.75, 3.05) is 5.32 Å². The molecule has 106 valence electrons. The minimum absolute atomic E-state index is 0.120. The summed E-state index contributed by atoms with van der Waals surface area (Å²) in [4.78, 5) is 12.1. The number of carbonyl (C=O) groups excluding carboxylic acids is 1. The van der Waals surface area contributed by atoms with Gasteiger partial charge in [0.1, 0.15) is 0 Å². The number of hydrogen-bond donors (Lipinski definition) is 3. The van der Waals surface area contributed by atoms with Crippen molar-refractivity contribution < 1.29 is 9.90 Å². The van der Waals surface area contributed by atoms with Crippen LogP contribution < -0.4 is 5.32 Å². The molecule has 0 spiro atoms. The Morgan fingerprint density at radius 2 is 2.10 bits per heavy atom. The topological polar surface area (TPSA) is 78.0 Å². The molecule has 0 saturated carbocycles. The van der Waals surface area contributed by atoms with Crippen molar-refractivity contribution in [1.29, 1.82) is 0 Å². The molecule has 0 radical (unpaired) electrons. The number of aromatic amines is 1. The van der Waals surface area contributed by atoms with Gasteiger partial charge in [-0.05, 0) is 26.8 Å². The Hall–Kier alpha value is -2.14. The van der Waals surface area contributed by atoms with E-state index in [4.69, 9.17) is 0 Å². The average Bonchev–Trinajstić information content (AvgIpc) is 2.71. The van der Waals surface area contributed by atoms with Crippen LogP contribution in [0.25, 0.3) is 0 Å². The Kier molecular flexibility index (Phi) is 4.20. The molecule has 1 amide bonds. The standard InChI is InChI=1S/C15H19N3O2/c1-9-13(10(2)18-17-9)8-15(20)16-14-7-5-4-6-12(14)11(3)19/h4-7,11,19H,8H2,1-3H3,(H,16,20)(H,17,18). The molecule has 1 atom stereocenters. The van der Waals surface area contributed by atoms with Crippen LogP contribution in [0.4, 0.5) is 5.69 Å². The van der Waals surface area contributed by atoms with E-state index in [1.165, 1.54) is 0 Å². The van der Waals surface area contributed by atoms with Crippen LogP contribution in [0.2, 0.25) is 0 Å². The summed E-state index contributed by atoms with van der Waals surface area (Å²) >= 11 is 0. The number of anilines is 1. The molecule has 2 rings (SSSR count). The molecular weight excluding hydrogens is 254 g/mol. The van der Waals surface area contributed by atoms with Crippen LogP contribution in [0.1, 0.15) is 35.5 Å². The number of H-pyrrole nitrogens is 1. The van der Waals surface area contributed by atoms with E-state index < -0.39 is 6.10 Å². The number of amides is 1. The molecule has 5 nitrogen and oxygen atoms in total. The minimum Gasteiger partial charge on any atom is -0.389 e. The summed E-state index contributed by atoms with van der Waals surface area (Å²) in [6.45, 7) is 5.44. The highest BCUT2D eigenvalue weighted by atomic mass is 16.3. The summed E-state index contributed by atoms with van der Waals surface area (Å²) in [5, 5.41) is 19.5.